The monoisotopic (exact) mass is 500 g/mol. The molecule has 2 saturated heterocycles. The number of guanidine groups is 1. The van der Waals surface area contributed by atoms with Gasteiger partial charge in [0.1, 0.15) is 0 Å². The van der Waals surface area contributed by atoms with E-state index in [2.05, 4.69) is 15.6 Å². The number of rotatable bonds is 4. The number of amides is 4. The summed E-state index contributed by atoms with van der Waals surface area (Å²) in [5.74, 6) is 0.238. The summed E-state index contributed by atoms with van der Waals surface area (Å²) in [5.41, 5.74) is 1.70. The number of hydrogen-bond acceptors (Lipinski definition) is 6. The summed E-state index contributed by atoms with van der Waals surface area (Å²) in [6.07, 6.45) is 1.63. The smallest absolute Gasteiger partial charge is 0.324 e. The number of carbonyl (C=O) groups is 3. The van der Waals surface area contributed by atoms with Gasteiger partial charge in [-0.2, -0.15) is 0 Å². The van der Waals surface area contributed by atoms with Crippen LogP contribution in [-0.4, -0.2) is 67.0 Å². The van der Waals surface area contributed by atoms with Crippen molar-refractivity contribution in [3.63, 3.8) is 0 Å². The lowest BCUT2D eigenvalue weighted by molar-refractivity contribution is -0.117. The summed E-state index contributed by atoms with van der Waals surface area (Å²) in [7, 11) is 0. The first-order valence-electron chi connectivity index (χ1n) is 11.2. The maximum absolute atomic E-state index is 13.1. The first kappa shape index (κ1) is 22.7. The van der Waals surface area contributed by atoms with Gasteiger partial charge in [0, 0.05) is 37.9 Å². The first-order valence-corrected chi connectivity index (χ1v) is 12.4. The van der Waals surface area contributed by atoms with E-state index in [9.17, 15) is 14.4 Å². The predicted octanol–water partition coefficient (Wildman–Crippen LogP) is 2.92. The average Bonchev–Trinajstić information content (AvgIpc) is 3.51. The Hall–Kier alpha value is -3.11. The van der Waals surface area contributed by atoms with Gasteiger partial charge in [-0.15, -0.1) is 11.3 Å². The number of urea groups is 1. The van der Waals surface area contributed by atoms with Gasteiger partial charge in [-0.25, -0.2) is 4.79 Å². The van der Waals surface area contributed by atoms with Gasteiger partial charge in [0.25, 0.3) is 5.91 Å². The second-order valence-electron chi connectivity index (χ2n) is 8.53. The number of carbonyl (C=O) groups excluding carboxylic acids is 3. The third kappa shape index (κ3) is 4.35. The van der Waals surface area contributed by atoms with Gasteiger partial charge < -0.3 is 15.1 Å². The molecule has 1 aromatic heterocycles. The van der Waals surface area contributed by atoms with Gasteiger partial charge in [0.05, 0.1) is 27.8 Å². The van der Waals surface area contributed by atoms with E-state index in [1.807, 2.05) is 34.1 Å². The zero-order valence-electron chi connectivity index (χ0n) is 18.7. The Morgan fingerprint density at radius 2 is 1.82 bits per heavy atom. The molecule has 4 heterocycles. The molecule has 0 unspecified atom stereocenters. The summed E-state index contributed by atoms with van der Waals surface area (Å²) in [4.78, 5) is 47.8. The van der Waals surface area contributed by atoms with Crippen LogP contribution < -0.4 is 20.4 Å². The van der Waals surface area contributed by atoms with Crippen molar-refractivity contribution >= 4 is 58.1 Å². The number of hydrogen-bond donors (Lipinski definition) is 2. The number of thiophene rings is 1. The minimum atomic E-state index is -0.158. The van der Waals surface area contributed by atoms with E-state index in [1.165, 1.54) is 18.3 Å². The molecule has 2 fully saturated rings. The Balaban J connectivity index is 1.27. The molecule has 5 rings (SSSR count). The van der Waals surface area contributed by atoms with Crippen LogP contribution in [0.4, 0.5) is 16.2 Å². The molecule has 0 spiro atoms. The fraction of sp³-hybridized carbons (Fsp3) is 0.391. The van der Waals surface area contributed by atoms with E-state index in [1.54, 1.807) is 17.0 Å². The summed E-state index contributed by atoms with van der Waals surface area (Å²) in [5, 5.41) is 5.88. The van der Waals surface area contributed by atoms with E-state index in [-0.39, 0.29) is 29.9 Å². The van der Waals surface area contributed by atoms with E-state index in [0.29, 0.717) is 34.8 Å². The van der Waals surface area contributed by atoms with Crippen molar-refractivity contribution in [3.8, 4) is 0 Å². The van der Waals surface area contributed by atoms with Crippen LogP contribution in [0, 0.1) is 0 Å². The molecule has 2 N–H and O–H groups in total. The van der Waals surface area contributed by atoms with Crippen LogP contribution in [0.2, 0.25) is 4.34 Å². The van der Waals surface area contributed by atoms with Gasteiger partial charge in [0.2, 0.25) is 11.9 Å². The Kier molecular flexibility index (Phi) is 6.18. The highest BCUT2D eigenvalue weighted by Gasteiger charge is 2.46. The molecule has 178 valence electrons. The molecular formula is C23H25ClN6O3S. The molecule has 11 heteroatoms. The van der Waals surface area contributed by atoms with Gasteiger partial charge in [0.15, 0.2) is 0 Å². The SMILES string of the molecule is CC(=O)NC1=NCCCN1c1ccc(N2C[C@@H]3[C@H](NC(=O)c4ccc(Cl)s4)CCN3C2=O)cc1. The summed E-state index contributed by atoms with van der Waals surface area (Å²) >= 11 is 7.20. The number of benzene rings is 1. The molecule has 3 aliphatic heterocycles. The fourth-order valence-corrected chi connectivity index (χ4v) is 5.68. The lowest BCUT2D eigenvalue weighted by Crippen LogP contribution is -2.46. The maximum Gasteiger partial charge on any atom is 0.324 e. The van der Waals surface area contributed by atoms with Crippen LogP contribution in [0.15, 0.2) is 41.4 Å². The second-order valence-corrected chi connectivity index (χ2v) is 10.2. The lowest BCUT2D eigenvalue weighted by atomic mass is 10.1. The number of anilines is 2. The van der Waals surface area contributed by atoms with E-state index in [4.69, 9.17) is 11.6 Å². The second kappa shape index (κ2) is 9.27. The van der Waals surface area contributed by atoms with Crippen molar-refractivity contribution in [2.45, 2.75) is 31.8 Å². The van der Waals surface area contributed by atoms with Crippen LogP contribution in [-0.2, 0) is 4.79 Å². The number of halogens is 1. The van der Waals surface area contributed by atoms with E-state index >= 15 is 0 Å². The molecule has 3 aliphatic rings. The molecule has 0 saturated carbocycles. The van der Waals surface area contributed by atoms with Crippen molar-refractivity contribution < 1.29 is 14.4 Å². The summed E-state index contributed by atoms with van der Waals surface area (Å²) < 4.78 is 0.573. The topological polar surface area (TPSA) is 97.3 Å². The zero-order chi connectivity index (χ0) is 23.8. The van der Waals surface area contributed by atoms with Gasteiger partial charge in [-0.1, -0.05) is 11.6 Å². The molecule has 34 heavy (non-hydrogen) atoms. The third-order valence-electron chi connectivity index (χ3n) is 6.32. The zero-order valence-corrected chi connectivity index (χ0v) is 20.2. The molecule has 4 amide bonds. The minimum absolute atomic E-state index is 0.0489. The summed E-state index contributed by atoms with van der Waals surface area (Å²) in [6, 6.07) is 10.9. The van der Waals surface area contributed by atoms with Crippen molar-refractivity contribution in [2.24, 2.45) is 4.99 Å². The lowest BCUT2D eigenvalue weighted by Gasteiger charge is -2.29. The molecule has 2 atom stereocenters. The molecule has 0 radical (unpaired) electrons. The predicted molar refractivity (Wildman–Crippen MR) is 133 cm³/mol. The van der Waals surface area contributed by atoms with Crippen molar-refractivity contribution in [2.75, 3.05) is 36.0 Å². The molecular weight excluding hydrogens is 476 g/mol. The van der Waals surface area contributed by atoms with Crippen molar-refractivity contribution in [1.82, 2.24) is 15.5 Å². The van der Waals surface area contributed by atoms with Crippen LogP contribution in [0.1, 0.15) is 29.4 Å². The Labute approximate surface area is 206 Å². The Bertz CT molecular complexity index is 1150. The van der Waals surface area contributed by atoms with Crippen molar-refractivity contribution in [3.05, 3.63) is 45.6 Å². The Morgan fingerprint density at radius 1 is 1.09 bits per heavy atom. The number of nitrogens with zero attached hydrogens (tertiary/aromatic N) is 4. The van der Waals surface area contributed by atoms with E-state index < -0.39 is 0 Å². The quantitative estimate of drug-likeness (QED) is 0.674. The normalized spacial score (nSPS) is 22.0. The summed E-state index contributed by atoms with van der Waals surface area (Å²) in [6.45, 7) is 4.03. The number of fused-ring (bicyclic) bond motifs is 1. The third-order valence-corrected chi connectivity index (χ3v) is 7.55. The Morgan fingerprint density at radius 3 is 2.50 bits per heavy atom. The van der Waals surface area contributed by atoms with Crippen molar-refractivity contribution in [1.29, 1.82) is 0 Å². The molecule has 2 aromatic rings. The maximum atomic E-state index is 13.1. The number of nitrogens with one attached hydrogen (secondary N) is 2. The molecule has 1 aromatic carbocycles. The van der Waals surface area contributed by atoms with Crippen LogP contribution >= 0.6 is 22.9 Å². The van der Waals surface area contributed by atoms with Gasteiger partial charge in [-0.05, 0) is 49.2 Å². The fourth-order valence-electron chi connectivity index (χ4n) is 4.73. The molecule has 9 nitrogen and oxygen atoms in total. The highest BCUT2D eigenvalue weighted by atomic mass is 35.5. The minimum Gasteiger partial charge on any atom is -0.346 e. The van der Waals surface area contributed by atoms with Gasteiger partial charge >= 0.3 is 6.03 Å². The first-order chi connectivity index (χ1) is 16.4. The van der Waals surface area contributed by atoms with Crippen LogP contribution in [0.3, 0.4) is 0 Å². The van der Waals surface area contributed by atoms with Gasteiger partial charge in [-0.3, -0.25) is 24.8 Å². The number of aliphatic imine (C=N–C) groups is 1. The van der Waals surface area contributed by atoms with E-state index in [0.717, 1.165) is 30.8 Å². The van der Waals surface area contributed by atoms with Crippen LogP contribution in [0.5, 0.6) is 0 Å². The molecule has 0 aliphatic carbocycles. The molecule has 0 bridgehead atoms. The largest absolute Gasteiger partial charge is 0.346 e. The average molecular weight is 501 g/mol. The standard InChI is InChI=1S/C23H25ClN6O3S/c1-14(31)26-22-25-10-2-11-28(22)15-3-5-16(6-4-15)30-13-18-17(9-12-29(18)23(30)33)27-21(32)19-7-8-20(24)34-19/h3-8,17-18H,2,9-13H2,1H3,(H,27,32)(H,25,26,31)/t17-,18-/m1/s1. The van der Waals surface area contributed by atoms with Crippen LogP contribution in [0.25, 0.3) is 0 Å². The highest BCUT2D eigenvalue weighted by Crippen LogP contribution is 2.32. The highest BCUT2D eigenvalue weighted by molar-refractivity contribution is 7.18.